The summed E-state index contributed by atoms with van der Waals surface area (Å²) in [5.41, 5.74) is 1.45. The van der Waals surface area contributed by atoms with E-state index in [2.05, 4.69) is 10.6 Å². The number of esters is 1. The van der Waals surface area contributed by atoms with E-state index >= 15 is 0 Å². The fourth-order valence-corrected chi connectivity index (χ4v) is 3.63. The topological polar surface area (TPSA) is 169 Å². The predicted octanol–water partition coefficient (Wildman–Crippen LogP) is 4.65. The molecule has 194 valence electrons. The van der Waals surface area contributed by atoms with E-state index in [1.54, 1.807) is 24.3 Å². The number of nitrogens with one attached hydrogen (secondary N) is 2. The fraction of sp³-hybridized carbons (Fsp3) is 0.0714. The van der Waals surface area contributed by atoms with Crippen LogP contribution in [0, 0.1) is 0 Å². The zero-order valence-corrected chi connectivity index (χ0v) is 19.9. The van der Waals surface area contributed by atoms with Crippen LogP contribution in [0.5, 0.6) is 28.7 Å². The van der Waals surface area contributed by atoms with Crippen molar-refractivity contribution in [3.8, 4) is 28.7 Å². The molecule has 0 aliphatic heterocycles. The molecule has 10 heteroatoms. The minimum Gasteiger partial charge on any atom is -0.508 e. The molecule has 4 aromatic carbocycles. The van der Waals surface area contributed by atoms with Gasteiger partial charge in [0, 0.05) is 47.7 Å². The first-order chi connectivity index (χ1) is 18.2. The molecule has 0 heterocycles. The van der Waals surface area contributed by atoms with Gasteiger partial charge in [0.1, 0.15) is 39.9 Å². The maximum Gasteiger partial charge on any atom is 0.347 e. The molecule has 7 N–H and O–H groups in total. The van der Waals surface area contributed by atoms with Crippen molar-refractivity contribution < 1.29 is 39.9 Å². The Morgan fingerprint density at radius 1 is 0.658 bits per heavy atom. The average Bonchev–Trinajstić information content (AvgIpc) is 2.88. The Labute approximate surface area is 217 Å². The second-order valence-corrected chi connectivity index (χ2v) is 8.29. The summed E-state index contributed by atoms with van der Waals surface area (Å²) in [5, 5.41) is 55.4. The first-order valence-electron chi connectivity index (χ1n) is 11.4. The Hall–Kier alpha value is -5.38. The van der Waals surface area contributed by atoms with E-state index in [4.69, 9.17) is 4.74 Å². The number of carboxylic acids is 1. The van der Waals surface area contributed by atoms with Gasteiger partial charge in [-0.1, -0.05) is 18.2 Å². The third-order valence-corrected chi connectivity index (χ3v) is 5.65. The van der Waals surface area contributed by atoms with Gasteiger partial charge in [-0.25, -0.2) is 9.59 Å². The van der Waals surface area contributed by atoms with Crippen LogP contribution in [0.4, 0.5) is 11.4 Å². The van der Waals surface area contributed by atoms with Gasteiger partial charge < -0.3 is 40.9 Å². The van der Waals surface area contributed by atoms with Gasteiger partial charge in [0.25, 0.3) is 0 Å². The van der Waals surface area contributed by atoms with Crippen LogP contribution in [0.1, 0.15) is 31.8 Å². The van der Waals surface area contributed by atoms with Crippen molar-refractivity contribution in [2.24, 2.45) is 0 Å². The van der Waals surface area contributed by atoms with Crippen LogP contribution >= 0.6 is 0 Å². The second kappa shape index (κ2) is 11.1. The number of benzene rings is 4. The molecule has 4 rings (SSSR count). The first kappa shape index (κ1) is 25.7. The highest BCUT2D eigenvalue weighted by molar-refractivity contribution is 5.97. The van der Waals surface area contributed by atoms with E-state index < -0.39 is 11.9 Å². The van der Waals surface area contributed by atoms with Crippen molar-refractivity contribution in [3.63, 3.8) is 0 Å². The van der Waals surface area contributed by atoms with Crippen LogP contribution in [0.15, 0.2) is 78.9 Å². The summed E-state index contributed by atoms with van der Waals surface area (Å²) in [6, 6.07) is 19.0. The summed E-state index contributed by atoms with van der Waals surface area (Å²) in [5.74, 6) is -2.89. The van der Waals surface area contributed by atoms with E-state index in [-0.39, 0.29) is 53.0 Å². The first-order valence-corrected chi connectivity index (χ1v) is 11.4. The van der Waals surface area contributed by atoms with Gasteiger partial charge in [-0.3, -0.25) is 0 Å². The summed E-state index contributed by atoms with van der Waals surface area (Å²) in [6.45, 7) is 0.369. The van der Waals surface area contributed by atoms with Crippen molar-refractivity contribution in [2.45, 2.75) is 13.1 Å². The molecule has 0 aliphatic carbocycles. The van der Waals surface area contributed by atoms with Crippen molar-refractivity contribution in [1.29, 1.82) is 0 Å². The molecule has 0 bridgehead atoms. The molecule has 0 fully saturated rings. The van der Waals surface area contributed by atoms with Crippen LogP contribution in [-0.2, 0) is 13.1 Å². The van der Waals surface area contributed by atoms with E-state index in [0.29, 0.717) is 22.5 Å². The summed E-state index contributed by atoms with van der Waals surface area (Å²) in [7, 11) is 0. The van der Waals surface area contributed by atoms with Crippen LogP contribution in [-0.4, -0.2) is 37.5 Å². The number of rotatable bonds is 9. The highest BCUT2D eigenvalue weighted by Gasteiger charge is 2.19. The quantitative estimate of drug-likeness (QED) is 0.0944. The number of hydrogen-bond acceptors (Lipinski definition) is 9. The minimum absolute atomic E-state index is 0.0327. The number of hydrogen-bond donors (Lipinski definition) is 7. The lowest BCUT2D eigenvalue weighted by molar-refractivity contribution is 0.0681. The third kappa shape index (κ3) is 6.05. The smallest absolute Gasteiger partial charge is 0.347 e. The predicted molar refractivity (Wildman–Crippen MR) is 139 cm³/mol. The molecule has 0 saturated heterocycles. The Morgan fingerprint density at radius 2 is 1.29 bits per heavy atom. The van der Waals surface area contributed by atoms with Gasteiger partial charge in [-0.05, 0) is 48.5 Å². The second-order valence-electron chi connectivity index (χ2n) is 8.29. The Morgan fingerprint density at radius 3 is 1.97 bits per heavy atom. The monoisotopic (exact) mass is 516 g/mol. The third-order valence-electron chi connectivity index (χ3n) is 5.65. The number of carbonyl (C=O) groups is 2. The lowest BCUT2D eigenvalue weighted by Crippen LogP contribution is -2.12. The summed E-state index contributed by atoms with van der Waals surface area (Å²) in [6.07, 6.45) is 0. The number of ether oxygens (including phenoxy) is 1. The number of aromatic carboxylic acids is 1. The maximum atomic E-state index is 12.8. The molecule has 0 unspecified atom stereocenters. The molecule has 38 heavy (non-hydrogen) atoms. The zero-order chi connectivity index (χ0) is 27.2. The molecule has 0 spiro atoms. The largest absolute Gasteiger partial charge is 0.508 e. The lowest BCUT2D eigenvalue weighted by atomic mass is 10.1. The Kier molecular flexibility index (Phi) is 7.53. The molecule has 4 aromatic rings. The Bertz CT molecular complexity index is 1500. The van der Waals surface area contributed by atoms with Crippen LogP contribution in [0.25, 0.3) is 0 Å². The van der Waals surface area contributed by atoms with E-state index in [1.165, 1.54) is 54.6 Å². The molecule has 0 saturated carbocycles. The number of para-hydroxylation sites is 1. The van der Waals surface area contributed by atoms with Crippen LogP contribution in [0.2, 0.25) is 0 Å². The lowest BCUT2D eigenvalue weighted by Gasteiger charge is -2.13. The van der Waals surface area contributed by atoms with E-state index in [1.807, 2.05) is 0 Å². The maximum absolute atomic E-state index is 12.8. The highest BCUT2D eigenvalue weighted by atomic mass is 16.5. The fourth-order valence-electron chi connectivity index (χ4n) is 3.63. The Balaban J connectivity index is 1.48. The van der Waals surface area contributed by atoms with Gasteiger partial charge in [0.2, 0.25) is 0 Å². The number of aromatic hydroxyl groups is 4. The molecule has 0 amide bonds. The van der Waals surface area contributed by atoms with Crippen molar-refractivity contribution >= 4 is 23.3 Å². The number of carbonyl (C=O) groups excluding carboxylic acids is 1. The zero-order valence-electron chi connectivity index (χ0n) is 19.9. The van der Waals surface area contributed by atoms with Crippen molar-refractivity contribution in [2.75, 3.05) is 10.6 Å². The number of anilines is 2. The van der Waals surface area contributed by atoms with Crippen molar-refractivity contribution in [1.82, 2.24) is 0 Å². The molecular formula is C28H24N2O8. The molecule has 0 aromatic heterocycles. The van der Waals surface area contributed by atoms with Crippen LogP contribution < -0.4 is 15.4 Å². The molecule has 10 nitrogen and oxygen atoms in total. The highest BCUT2D eigenvalue weighted by Crippen LogP contribution is 2.29. The normalized spacial score (nSPS) is 10.5. The number of carboxylic acid groups (broad SMARTS) is 1. The van der Waals surface area contributed by atoms with Gasteiger partial charge in [0.15, 0.2) is 0 Å². The van der Waals surface area contributed by atoms with E-state index in [0.717, 1.165) is 0 Å². The summed E-state index contributed by atoms with van der Waals surface area (Å²) < 4.78 is 5.33. The van der Waals surface area contributed by atoms with E-state index in [9.17, 15) is 35.1 Å². The molecule has 0 radical (unpaired) electrons. The SMILES string of the molecule is O=C(Oc1cc(NCc2cc(O)ccc2O)ccc1C(=O)O)c1ccc(NCc2ccccc2O)cc1O. The van der Waals surface area contributed by atoms with Gasteiger partial charge in [-0.2, -0.15) is 0 Å². The average molecular weight is 517 g/mol. The van der Waals surface area contributed by atoms with Gasteiger partial charge in [-0.15, -0.1) is 0 Å². The van der Waals surface area contributed by atoms with Crippen LogP contribution in [0.3, 0.4) is 0 Å². The van der Waals surface area contributed by atoms with Crippen molar-refractivity contribution in [3.05, 3.63) is 101 Å². The van der Waals surface area contributed by atoms with Gasteiger partial charge in [0.05, 0.1) is 0 Å². The minimum atomic E-state index is -1.32. The molecule has 0 aliphatic rings. The van der Waals surface area contributed by atoms with Gasteiger partial charge >= 0.3 is 11.9 Å². The summed E-state index contributed by atoms with van der Waals surface area (Å²) >= 11 is 0. The number of phenols is 4. The standard InChI is InChI=1S/C28H24N2O8/c31-20-7-10-24(33)17(11-20)15-30-19-6-9-22(27(35)36)26(13-19)38-28(37)21-8-5-18(12-25(21)34)29-14-16-3-1-2-4-23(16)32/h1-13,29-34H,14-15H2,(H,35,36). The summed E-state index contributed by atoms with van der Waals surface area (Å²) in [4.78, 5) is 24.5. The number of phenolic OH excluding ortho intramolecular Hbond substituents is 4. The molecular weight excluding hydrogens is 492 g/mol. The molecule has 0 atom stereocenters.